The minimum Gasteiger partial charge on any atom is -0.494 e. The normalized spacial score (nSPS) is 11.5. The van der Waals surface area contributed by atoms with Gasteiger partial charge in [0, 0.05) is 0 Å². The van der Waals surface area contributed by atoms with Crippen molar-refractivity contribution in [2.75, 3.05) is 13.2 Å². The summed E-state index contributed by atoms with van der Waals surface area (Å²) >= 11 is 0. The van der Waals surface area contributed by atoms with E-state index in [2.05, 4.69) is 20.8 Å². The molecule has 6 heteroatoms. The number of ether oxygens (including phenoxy) is 4. The van der Waals surface area contributed by atoms with E-state index in [-0.39, 0.29) is 0 Å². The Hall–Kier alpha value is -3.80. The molecular formula is C35H44O6. The van der Waals surface area contributed by atoms with E-state index >= 15 is 0 Å². The Balaban J connectivity index is 1.39. The summed E-state index contributed by atoms with van der Waals surface area (Å²) in [5.41, 5.74) is 0.768. The SMILES string of the molecule is CCCCCCCCCCOc1ccc(C(=O)Oc2ccc(C(=O)Oc3ccc(OCC(C)CC)cc3)cc2)cc1. The van der Waals surface area contributed by atoms with Crippen LogP contribution in [0.3, 0.4) is 0 Å². The van der Waals surface area contributed by atoms with Crippen molar-refractivity contribution < 1.29 is 28.5 Å². The third kappa shape index (κ3) is 11.7. The van der Waals surface area contributed by atoms with E-state index in [1.54, 1.807) is 72.8 Å². The highest BCUT2D eigenvalue weighted by Gasteiger charge is 2.12. The van der Waals surface area contributed by atoms with Gasteiger partial charge in [-0.25, -0.2) is 9.59 Å². The molecule has 0 aromatic heterocycles. The highest BCUT2D eigenvalue weighted by molar-refractivity contribution is 5.92. The molecule has 0 bridgehead atoms. The van der Waals surface area contributed by atoms with Crippen LogP contribution in [0.2, 0.25) is 0 Å². The van der Waals surface area contributed by atoms with Gasteiger partial charge in [0.05, 0.1) is 24.3 Å². The van der Waals surface area contributed by atoms with Crippen LogP contribution in [0.15, 0.2) is 72.8 Å². The maximum absolute atomic E-state index is 12.6. The van der Waals surface area contributed by atoms with Crippen LogP contribution in [0, 0.1) is 5.92 Å². The highest BCUT2D eigenvalue weighted by Crippen LogP contribution is 2.21. The number of unbranched alkanes of at least 4 members (excludes halogenated alkanes) is 7. The molecule has 0 radical (unpaired) electrons. The second kappa shape index (κ2) is 17.8. The lowest BCUT2D eigenvalue weighted by atomic mass is 10.1. The molecule has 0 heterocycles. The van der Waals surface area contributed by atoms with E-state index in [1.807, 2.05) is 0 Å². The summed E-state index contributed by atoms with van der Waals surface area (Å²) in [5, 5.41) is 0. The first-order valence-electron chi connectivity index (χ1n) is 15.0. The Morgan fingerprint density at radius 1 is 0.561 bits per heavy atom. The molecule has 0 N–H and O–H groups in total. The standard InChI is InChI=1S/C35H44O6/c1-4-6-7-8-9-10-11-12-25-38-30-17-13-28(14-18-30)34(36)40-32-19-15-29(16-20-32)35(37)41-33-23-21-31(22-24-33)39-26-27(3)5-2/h13-24,27H,4-12,25-26H2,1-3H3. The lowest BCUT2D eigenvalue weighted by molar-refractivity contribution is 0.0730. The first kappa shape index (κ1) is 31.7. The van der Waals surface area contributed by atoms with Gasteiger partial charge in [0.1, 0.15) is 23.0 Å². The fourth-order valence-corrected chi connectivity index (χ4v) is 4.06. The smallest absolute Gasteiger partial charge is 0.343 e. The monoisotopic (exact) mass is 560 g/mol. The predicted molar refractivity (Wildman–Crippen MR) is 162 cm³/mol. The Morgan fingerprint density at radius 3 is 1.49 bits per heavy atom. The molecule has 1 unspecified atom stereocenters. The third-order valence-corrected chi connectivity index (χ3v) is 6.92. The van der Waals surface area contributed by atoms with Gasteiger partial charge in [-0.2, -0.15) is 0 Å². The van der Waals surface area contributed by atoms with Gasteiger partial charge in [-0.3, -0.25) is 0 Å². The largest absolute Gasteiger partial charge is 0.494 e. The summed E-state index contributed by atoms with van der Waals surface area (Å²) < 4.78 is 22.5. The topological polar surface area (TPSA) is 71.1 Å². The van der Waals surface area contributed by atoms with Gasteiger partial charge in [-0.1, -0.05) is 72.1 Å². The zero-order valence-corrected chi connectivity index (χ0v) is 24.7. The van der Waals surface area contributed by atoms with E-state index in [0.29, 0.717) is 41.8 Å². The molecule has 0 saturated heterocycles. The average Bonchev–Trinajstić information content (AvgIpc) is 3.00. The van der Waals surface area contributed by atoms with Crippen molar-refractivity contribution in [2.24, 2.45) is 5.92 Å². The maximum Gasteiger partial charge on any atom is 0.343 e. The number of carbonyl (C=O) groups excluding carboxylic acids is 2. The predicted octanol–water partition coefficient (Wildman–Crippen LogP) is 9.07. The Bertz CT molecular complexity index is 1170. The van der Waals surface area contributed by atoms with Crippen LogP contribution in [-0.4, -0.2) is 25.2 Å². The Morgan fingerprint density at radius 2 is 0.976 bits per heavy atom. The van der Waals surface area contributed by atoms with Crippen LogP contribution in [0.25, 0.3) is 0 Å². The molecule has 6 nitrogen and oxygen atoms in total. The first-order chi connectivity index (χ1) is 20.0. The van der Waals surface area contributed by atoms with E-state index in [1.165, 1.54) is 44.9 Å². The molecule has 0 aliphatic rings. The molecule has 0 aliphatic heterocycles. The summed E-state index contributed by atoms with van der Waals surface area (Å²) in [6.45, 7) is 7.81. The van der Waals surface area contributed by atoms with Gasteiger partial charge in [-0.15, -0.1) is 0 Å². The number of benzene rings is 3. The maximum atomic E-state index is 12.6. The number of hydrogen-bond donors (Lipinski definition) is 0. The summed E-state index contributed by atoms with van der Waals surface area (Å²) in [4.78, 5) is 25.1. The molecule has 3 aromatic rings. The highest BCUT2D eigenvalue weighted by atomic mass is 16.5. The van der Waals surface area contributed by atoms with Crippen LogP contribution in [0.5, 0.6) is 23.0 Å². The number of esters is 2. The molecule has 0 spiro atoms. The van der Waals surface area contributed by atoms with Crippen LogP contribution in [0.4, 0.5) is 0 Å². The van der Waals surface area contributed by atoms with Crippen LogP contribution in [0.1, 0.15) is 99.3 Å². The van der Waals surface area contributed by atoms with Crippen molar-refractivity contribution in [3.8, 4) is 23.0 Å². The van der Waals surface area contributed by atoms with Gasteiger partial charge in [0.2, 0.25) is 0 Å². The lowest BCUT2D eigenvalue weighted by Gasteiger charge is -2.11. The number of carbonyl (C=O) groups is 2. The van der Waals surface area contributed by atoms with Crippen molar-refractivity contribution >= 4 is 11.9 Å². The second-order valence-corrected chi connectivity index (χ2v) is 10.4. The van der Waals surface area contributed by atoms with E-state index < -0.39 is 11.9 Å². The van der Waals surface area contributed by atoms with E-state index in [0.717, 1.165) is 24.3 Å². The summed E-state index contributed by atoms with van der Waals surface area (Å²) in [5.74, 6) is 1.72. The van der Waals surface area contributed by atoms with Gasteiger partial charge >= 0.3 is 11.9 Å². The van der Waals surface area contributed by atoms with Gasteiger partial charge < -0.3 is 18.9 Å². The van der Waals surface area contributed by atoms with Gasteiger partial charge in [-0.05, 0) is 85.1 Å². The number of hydrogen-bond acceptors (Lipinski definition) is 6. The number of rotatable bonds is 18. The molecule has 41 heavy (non-hydrogen) atoms. The summed E-state index contributed by atoms with van der Waals surface area (Å²) in [7, 11) is 0. The minimum absolute atomic E-state index is 0.337. The molecule has 0 saturated carbocycles. The molecule has 3 aromatic carbocycles. The third-order valence-electron chi connectivity index (χ3n) is 6.92. The molecule has 220 valence electrons. The van der Waals surface area contributed by atoms with Crippen molar-refractivity contribution in [1.29, 1.82) is 0 Å². The molecule has 0 amide bonds. The van der Waals surface area contributed by atoms with E-state index in [4.69, 9.17) is 18.9 Å². The molecule has 0 fully saturated rings. The summed E-state index contributed by atoms with van der Waals surface area (Å²) in [6.07, 6.45) is 11.1. The zero-order chi connectivity index (χ0) is 29.3. The van der Waals surface area contributed by atoms with Crippen molar-refractivity contribution in [2.45, 2.75) is 78.6 Å². The Kier molecular flexibility index (Phi) is 13.8. The van der Waals surface area contributed by atoms with Crippen LogP contribution in [-0.2, 0) is 0 Å². The van der Waals surface area contributed by atoms with Crippen LogP contribution < -0.4 is 18.9 Å². The van der Waals surface area contributed by atoms with Crippen molar-refractivity contribution in [3.63, 3.8) is 0 Å². The Labute approximate surface area is 245 Å². The van der Waals surface area contributed by atoms with Gasteiger partial charge in [0.15, 0.2) is 0 Å². The van der Waals surface area contributed by atoms with Gasteiger partial charge in [0.25, 0.3) is 0 Å². The van der Waals surface area contributed by atoms with Crippen molar-refractivity contribution in [3.05, 3.63) is 83.9 Å². The molecule has 3 rings (SSSR count). The van der Waals surface area contributed by atoms with Crippen molar-refractivity contribution in [1.82, 2.24) is 0 Å². The molecular weight excluding hydrogens is 516 g/mol. The lowest BCUT2D eigenvalue weighted by Crippen LogP contribution is -2.10. The quantitative estimate of drug-likeness (QED) is 0.0878. The summed E-state index contributed by atoms with van der Waals surface area (Å²) in [6, 6.07) is 20.2. The second-order valence-electron chi connectivity index (χ2n) is 10.4. The fourth-order valence-electron chi connectivity index (χ4n) is 4.06. The zero-order valence-electron chi connectivity index (χ0n) is 24.7. The minimum atomic E-state index is -0.501. The van der Waals surface area contributed by atoms with E-state index in [9.17, 15) is 9.59 Å². The average molecular weight is 561 g/mol. The van der Waals surface area contributed by atoms with Crippen LogP contribution >= 0.6 is 0 Å². The molecule has 0 aliphatic carbocycles. The molecule has 1 atom stereocenters. The first-order valence-corrected chi connectivity index (χ1v) is 15.0. The fraction of sp³-hybridized carbons (Fsp3) is 0.429.